The normalized spacial score (nSPS) is 21.5. The zero-order valence-electron chi connectivity index (χ0n) is 13.4. The maximum absolute atomic E-state index is 12.2. The van der Waals surface area contributed by atoms with E-state index in [4.69, 9.17) is 0 Å². The fourth-order valence-corrected chi connectivity index (χ4v) is 3.55. The molecule has 3 rings (SSSR count). The van der Waals surface area contributed by atoms with Crippen LogP contribution in [0.5, 0.6) is 0 Å². The van der Waals surface area contributed by atoms with Crippen LogP contribution in [-0.2, 0) is 11.2 Å². The van der Waals surface area contributed by atoms with Crippen molar-refractivity contribution in [3.05, 3.63) is 5.82 Å². The third-order valence-electron chi connectivity index (χ3n) is 4.43. The third-order valence-corrected chi connectivity index (χ3v) is 5.24. The van der Waals surface area contributed by atoms with Gasteiger partial charge in [-0.25, -0.2) is 4.98 Å². The Hall–Kier alpha value is -1.21. The molecule has 0 aromatic carbocycles. The Morgan fingerprint density at radius 2 is 2.18 bits per heavy atom. The van der Waals surface area contributed by atoms with E-state index >= 15 is 0 Å². The van der Waals surface area contributed by atoms with Crippen molar-refractivity contribution in [3.8, 4) is 0 Å². The van der Waals surface area contributed by atoms with Crippen molar-refractivity contribution >= 4 is 22.6 Å². The molecular weight excluding hydrogens is 298 g/mol. The molecule has 1 amide bonds. The molecule has 1 N–H and O–H groups in total. The van der Waals surface area contributed by atoms with Crippen LogP contribution in [0.2, 0.25) is 0 Å². The first-order chi connectivity index (χ1) is 10.7. The third kappa shape index (κ3) is 3.76. The summed E-state index contributed by atoms with van der Waals surface area (Å²) >= 11 is 1.49. The van der Waals surface area contributed by atoms with Gasteiger partial charge in [0, 0.05) is 50.2 Å². The average Bonchev–Trinajstić information content (AvgIpc) is 3.27. The van der Waals surface area contributed by atoms with Crippen LogP contribution in [0, 0.1) is 0 Å². The number of nitrogens with one attached hydrogen (secondary N) is 1. The molecular formula is C15H25N5OS. The summed E-state index contributed by atoms with van der Waals surface area (Å²) in [6.45, 7) is 7.88. The van der Waals surface area contributed by atoms with Crippen LogP contribution in [-0.4, -0.2) is 58.4 Å². The fraction of sp³-hybridized carbons (Fsp3) is 0.800. The number of carbonyl (C=O) groups excluding carboxylic acids is 1. The van der Waals surface area contributed by atoms with Crippen molar-refractivity contribution < 1.29 is 4.79 Å². The van der Waals surface area contributed by atoms with E-state index in [1.54, 1.807) is 0 Å². The largest absolute Gasteiger partial charge is 0.352 e. The summed E-state index contributed by atoms with van der Waals surface area (Å²) in [6.07, 6.45) is 4.23. The van der Waals surface area contributed by atoms with Gasteiger partial charge < -0.3 is 10.2 Å². The SMILES string of the molecule is CCc1nsc(N2CCCN(C(C)C(=O)NC3CC3)CC2)n1. The van der Waals surface area contributed by atoms with E-state index in [2.05, 4.69) is 31.4 Å². The van der Waals surface area contributed by atoms with Crippen LogP contribution >= 0.6 is 11.5 Å². The predicted octanol–water partition coefficient (Wildman–Crippen LogP) is 1.28. The Morgan fingerprint density at radius 3 is 2.86 bits per heavy atom. The molecule has 0 spiro atoms. The van der Waals surface area contributed by atoms with Crippen molar-refractivity contribution in [1.29, 1.82) is 0 Å². The van der Waals surface area contributed by atoms with Gasteiger partial charge in [0.05, 0.1) is 6.04 Å². The molecule has 1 aromatic heterocycles. The summed E-state index contributed by atoms with van der Waals surface area (Å²) in [5.41, 5.74) is 0. The van der Waals surface area contributed by atoms with E-state index in [9.17, 15) is 4.79 Å². The van der Waals surface area contributed by atoms with E-state index in [0.29, 0.717) is 6.04 Å². The quantitative estimate of drug-likeness (QED) is 0.884. The average molecular weight is 323 g/mol. The number of amides is 1. The highest BCUT2D eigenvalue weighted by Crippen LogP contribution is 2.21. The van der Waals surface area contributed by atoms with Crippen molar-refractivity contribution in [2.45, 2.75) is 51.6 Å². The van der Waals surface area contributed by atoms with Gasteiger partial charge in [0.15, 0.2) is 0 Å². The lowest BCUT2D eigenvalue weighted by molar-refractivity contribution is -0.125. The highest BCUT2D eigenvalue weighted by Gasteiger charge is 2.29. The number of anilines is 1. The molecule has 0 radical (unpaired) electrons. The Morgan fingerprint density at radius 1 is 1.36 bits per heavy atom. The maximum Gasteiger partial charge on any atom is 0.237 e. The van der Waals surface area contributed by atoms with E-state index in [1.807, 2.05) is 6.92 Å². The van der Waals surface area contributed by atoms with E-state index in [-0.39, 0.29) is 11.9 Å². The van der Waals surface area contributed by atoms with Gasteiger partial charge in [-0.3, -0.25) is 9.69 Å². The Labute approximate surface area is 136 Å². The second kappa shape index (κ2) is 6.91. The molecule has 1 atom stereocenters. The van der Waals surface area contributed by atoms with Crippen LogP contribution < -0.4 is 10.2 Å². The van der Waals surface area contributed by atoms with Crippen molar-refractivity contribution in [2.24, 2.45) is 0 Å². The number of nitrogens with zero attached hydrogens (tertiary/aromatic N) is 4. The summed E-state index contributed by atoms with van der Waals surface area (Å²) in [6, 6.07) is 0.397. The molecule has 1 saturated carbocycles. The minimum Gasteiger partial charge on any atom is -0.352 e. The number of rotatable bonds is 5. The standard InChI is InChI=1S/C15H25N5OS/c1-3-13-17-15(22-18-13)20-8-4-7-19(9-10-20)11(2)14(21)16-12-5-6-12/h11-12H,3-10H2,1-2H3,(H,16,21). The molecule has 1 saturated heterocycles. The highest BCUT2D eigenvalue weighted by atomic mass is 32.1. The van der Waals surface area contributed by atoms with Gasteiger partial charge in [-0.05, 0) is 26.2 Å². The fourth-order valence-electron chi connectivity index (χ4n) is 2.75. The first-order valence-electron chi connectivity index (χ1n) is 8.29. The zero-order valence-corrected chi connectivity index (χ0v) is 14.2. The van der Waals surface area contributed by atoms with Gasteiger partial charge in [-0.1, -0.05) is 6.92 Å². The molecule has 1 aliphatic carbocycles. The van der Waals surface area contributed by atoms with Gasteiger partial charge in [-0.2, -0.15) is 4.37 Å². The zero-order chi connectivity index (χ0) is 15.5. The van der Waals surface area contributed by atoms with E-state index in [1.165, 1.54) is 11.5 Å². The summed E-state index contributed by atoms with van der Waals surface area (Å²) in [5, 5.41) is 4.13. The molecule has 6 nitrogen and oxygen atoms in total. The number of carbonyl (C=O) groups is 1. The second-order valence-electron chi connectivity index (χ2n) is 6.18. The topological polar surface area (TPSA) is 61.4 Å². The van der Waals surface area contributed by atoms with Gasteiger partial charge >= 0.3 is 0 Å². The molecule has 22 heavy (non-hydrogen) atoms. The molecule has 1 unspecified atom stereocenters. The van der Waals surface area contributed by atoms with Gasteiger partial charge in [0.1, 0.15) is 5.82 Å². The lowest BCUT2D eigenvalue weighted by Crippen LogP contribution is -2.47. The van der Waals surface area contributed by atoms with Crippen LogP contribution in [0.3, 0.4) is 0 Å². The molecule has 1 aliphatic heterocycles. The lowest BCUT2D eigenvalue weighted by Gasteiger charge is -2.26. The summed E-state index contributed by atoms with van der Waals surface area (Å²) in [5.74, 6) is 1.11. The van der Waals surface area contributed by atoms with Crippen LogP contribution in [0.15, 0.2) is 0 Å². The Bertz CT molecular complexity index is 516. The molecule has 2 aliphatic rings. The molecule has 122 valence electrons. The number of aryl methyl sites for hydroxylation is 1. The molecule has 0 bridgehead atoms. The van der Waals surface area contributed by atoms with Crippen LogP contribution in [0.25, 0.3) is 0 Å². The Balaban J connectivity index is 1.55. The van der Waals surface area contributed by atoms with Crippen LogP contribution in [0.4, 0.5) is 5.13 Å². The van der Waals surface area contributed by atoms with Crippen molar-refractivity contribution in [2.75, 3.05) is 31.1 Å². The first kappa shape index (κ1) is 15.7. The smallest absolute Gasteiger partial charge is 0.237 e. The lowest BCUT2D eigenvalue weighted by atomic mass is 10.2. The van der Waals surface area contributed by atoms with Gasteiger partial charge in [-0.15, -0.1) is 0 Å². The summed E-state index contributed by atoms with van der Waals surface area (Å²) in [7, 11) is 0. The summed E-state index contributed by atoms with van der Waals surface area (Å²) < 4.78 is 4.37. The molecule has 2 heterocycles. The van der Waals surface area contributed by atoms with Crippen molar-refractivity contribution in [3.63, 3.8) is 0 Å². The van der Waals surface area contributed by atoms with Crippen LogP contribution in [0.1, 0.15) is 38.9 Å². The number of hydrogen-bond acceptors (Lipinski definition) is 6. The molecule has 7 heteroatoms. The highest BCUT2D eigenvalue weighted by molar-refractivity contribution is 7.09. The van der Waals surface area contributed by atoms with Crippen molar-refractivity contribution in [1.82, 2.24) is 19.6 Å². The number of hydrogen-bond donors (Lipinski definition) is 1. The van der Waals surface area contributed by atoms with E-state index < -0.39 is 0 Å². The monoisotopic (exact) mass is 323 g/mol. The van der Waals surface area contributed by atoms with E-state index in [0.717, 1.165) is 62.8 Å². The van der Waals surface area contributed by atoms with Gasteiger partial charge in [0.2, 0.25) is 11.0 Å². The minimum atomic E-state index is -0.0406. The predicted molar refractivity (Wildman–Crippen MR) is 88.3 cm³/mol. The second-order valence-corrected chi connectivity index (χ2v) is 6.91. The maximum atomic E-state index is 12.2. The number of aromatic nitrogens is 2. The molecule has 2 fully saturated rings. The summed E-state index contributed by atoms with van der Waals surface area (Å²) in [4.78, 5) is 21.4. The minimum absolute atomic E-state index is 0.0406. The Kier molecular flexibility index (Phi) is 4.93. The first-order valence-corrected chi connectivity index (χ1v) is 9.06. The molecule has 1 aromatic rings. The van der Waals surface area contributed by atoms with Gasteiger partial charge in [0.25, 0.3) is 0 Å².